The van der Waals surface area contributed by atoms with E-state index in [1.807, 2.05) is 18.2 Å². The molecule has 16 heavy (non-hydrogen) atoms. The van der Waals surface area contributed by atoms with Gasteiger partial charge in [0, 0.05) is 5.41 Å². The fraction of sp³-hybridized carbons (Fsp3) is 0.125. The van der Waals surface area contributed by atoms with Crippen molar-refractivity contribution in [1.82, 2.24) is 0 Å². The summed E-state index contributed by atoms with van der Waals surface area (Å²) in [5, 5.41) is 0. The van der Waals surface area contributed by atoms with Gasteiger partial charge in [0.2, 0.25) is 0 Å². The first-order chi connectivity index (χ1) is 7.80. The fourth-order valence-corrected chi connectivity index (χ4v) is 2.05. The van der Waals surface area contributed by atoms with Crippen molar-refractivity contribution in [2.24, 2.45) is 0 Å². The van der Waals surface area contributed by atoms with Crippen molar-refractivity contribution in [3.63, 3.8) is 0 Å². The maximum atomic E-state index is 3.98. The van der Waals surface area contributed by atoms with Gasteiger partial charge in [0.25, 0.3) is 0 Å². The Balaban J connectivity index is 2.38. The second-order valence-electron chi connectivity index (χ2n) is 4.06. The van der Waals surface area contributed by atoms with E-state index in [0.29, 0.717) is 0 Å². The SMILES string of the molecule is C=CC1=CCC(C=C)(c2ccccc2)C=C1. The molecule has 0 amide bonds. The van der Waals surface area contributed by atoms with Gasteiger partial charge in [0.05, 0.1) is 0 Å². The summed E-state index contributed by atoms with van der Waals surface area (Å²) in [6, 6.07) is 10.5. The third kappa shape index (κ3) is 1.79. The topological polar surface area (TPSA) is 0 Å². The van der Waals surface area contributed by atoms with Crippen LogP contribution in [0.5, 0.6) is 0 Å². The summed E-state index contributed by atoms with van der Waals surface area (Å²) in [4.78, 5) is 0. The molecule has 0 heteroatoms. The van der Waals surface area contributed by atoms with Gasteiger partial charge in [-0.3, -0.25) is 0 Å². The zero-order valence-electron chi connectivity index (χ0n) is 9.39. The van der Waals surface area contributed by atoms with E-state index >= 15 is 0 Å². The van der Waals surface area contributed by atoms with Crippen LogP contribution in [0.3, 0.4) is 0 Å². The fourth-order valence-electron chi connectivity index (χ4n) is 2.05. The zero-order valence-corrected chi connectivity index (χ0v) is 9.39. The van der Waals surface area contributed by atoms with Gasteiger partial charge in [-0.25, -0.2) is 0 Å². The summed E-state index contributed by atoms with van der Waals surface area (Å²) < 4.78 is 0. The molecule has 1 aromatic carbocycles. The summed E-state index contributed by atoms with van der Waals surface area (Å²) in [5.41, 5.74) is 2.43. The molecule has 0 radical (unpaired) electrons. The molecule has 1 aliphatic rings. The van der Waals surface area contributed by atoms with Crippen LogP contribution in [-0.2, 0) is 5.41 Å². The van der Waals surface area contributed by atoms with Crippen LogP contribution in [-0.4, -0.2) is 0 Å². The Morgan fingerprint density at radius 3 is 2.38 bits per heavy atom. The molecule has 1 aromatic rings. The highest BCUT2D eigenvalue weighted by Crippen LogP contribution is 2.35. The van der Waals surface area contributed by atoms with E-state index in [1.165, 1.54) is 11.1 Å². The molecule has 0 heterocycles. The minimum Gasteiger partial charge on any atom is -0.102 e. The molecule has 0 aromatic heterocycles. The van der Waals surface area contributed by atoms with Gasteiger partial charge < -0.3 is 0 Å². The Morgan fingerprint density at radius 1 is 1.12 bits per heavy atom. The minimum absolute atomic E-state index is 0.0478. The average molecular weight is 208 g/mol. The lowest BCUT2D eigenvalue weighted by molar-refractivity contribution is 0.674. The molecule has 0 saturated carbocycles. The van der Waals surface area contributed by atoms with Crippen LogP contribution in [0.15, 0.2) is 79.4 Å². The lowest BCUT2D eigenvalue weighted by Gasteiger charge is -2.29. The van der Waals surface area contributed by atoms with Gasteiger partial charge in [0.15, 0.2) is 0 Å². The molecule has 0 nitrogen and oxygen atoms in total. The zero-order chi connectivity index (χ0) is 11.4. The molecule has 0 N–H and O–H groups in total. The Morgan fingerprint density at radius 2 is 1.88 bits per heavy atom. The Hall–Kier alpha value is -1.82. The first-order valence-electron chi connectivity index (χ1n) is 5.52. The van der Waals surface area contributed by atoms with Crippen molar-refractivity contribution >= 4 is 0 Å². The van der Waals surface area contributed by atoms with Gasteiger partial charge >= 0.3 is 0 Å². The van der Waals surface area contributed by atoms with Crippen molar-refractivity contribution in [3.8, 4) is 0 Å². The second-order valence-corrected chi connectivity index (χ2v) is 4.06. The molecule has 0 spiro atoms. The summed E-state index contributed by atoms with van der Waals surface area (Å²) in [6.45, 7) is 7.76. The summed E-state index contributed by atoms with van der Waals surface area (Å²) in [7, 11) is 0. The Labute approximate surface area is 97.3 Å². The predicted molar refractivity (Wildman–Crippen MR) is 70.4 cm³/mol. The molecule has 2 rings (SSSR count). The molecule has 1 atom stereocenters. The van der Waals surface area contributed by atoms with Crippen molar-refractivity contribution in [2.75, 3.05) is 0 Å². The number of rotatable bonds is 3. The normalized spacial score (nSPS) is 23.6. The molecule has 0 fully saturated rings. The van der Waals surface area contributed by atoms with Crippen LogP contribution < -0.4 is 0 Å². The van der Waals surface area contributed by atoms with Crippen LogP contribution in [0.2, 0.25) is 0 Å². The van der Waals surface area contributed by atoms with E-state index in [0.717, 1.165) is 6.42 Å². The summed E-state index contributed by atoms with van der Waals surface area (Å²) in [6.07, 6.45) is 11.4. The first kappa shape index (κ1) is 10.7. The third-order valence-electron chi connectivity index (χ3n) is 3.16. The van der Waals surface area contributed by atoms with Gasteiger partial charge in [0.1, 0.15) is 0 Å². The van der Waals surface area contributed by atoms with E-state index in [-0.39, 0.29) is 5.41 Å². The van der Waals surface area contributed by atoms with Crippen LogP contribution in [0, 0.1) is 0 Å². The molecule has 0 saturated heterocycles. The Kier molecular flexibility index (Phi) is 2.91. The predicted octanol–water partition coefficient (Wildman–Crippen LogP) is 4.18. The van der Waals surface area contributed by atoms with Crippen molar-refractivity contribution in [2.45, 2.75) is 11.8 Å². The number of hydrogen-bond donors (Lipinski definition) is 0. The largest absolute Gasteiger partial charge is 0.102 e. The highest BCUT2D eigenvalue weighted by molar-refractivity contribution is 5.45. The number of benzene rings is 1. The maximum absolute atomic E-state index is 3.98. The van der Waals surface area contributed by atoms with E-state index in [4.69, 9.17) is 0 Å². The quantitative estimate of drug-likeness (QED) is 0.654. The molecule has 0 bridgehead atoms. The minimum atomic E-state index is -0.0478. The third-order valence-corrected chi connectivity index (χ3v) is 3.16. The maximum Gasteiger partial charge on any atom is 0.0347 e. The van der Waals surface area contributed by atoms with Gasteiger partial charge in [-0.2, -0.15) is 0 Å². The number of allylic oxidation sites excluding steroid dienone is 6. The smallest absolute Gasteiger partial charge is 0.0347 e. The second kappa shape index (κ2) is 4.36. The van der Waals surface area contributed by atoms with Gasteiger partial charge in [-0.15, -0.1) is 6.58 Å². The molecular formula is C16H16. The molecule has 1 aliphatic carbocycles. The van der Waals surface area contributed by atoms with Crippen molar-refractivity contribution in [3.05, 3.63) is 85.0 Å². The molecular weight excluding hydrogens is 192 g/mol. The molecule has 80 valence electrons. The van der Waals surface area contributed by atoms with E-state index in [2.05, 4.69) is 55.7 Å². The van der Waals surface area contributed by atoms with Gasteiger partial charge in [-0.1, -0.05) is 67.3 Å². The number of hydrogen-bond acceptors (Lipinski definition) is 0. The van der Waals surface area contributed by atoms with E-state index in [1.54, 1.807) is 0 Å². The van der Waals surface area contributed by atoms with Crippen LogP contribution in [0.4, 0.5) is 0 Å². The summed E-state index contributed by atoms with van der Waals surface area (Å²) in [5.74, 6) is 0. The van der Waals surface area contributed by atoms with E-state index in [9.17, 15) is 0 Å². The van der Waals surface area contributed by atoms with Crippen LogP contribution in [0.25, 0.3) is 0 Å². The summed E-state index contributed by atoms with van der Waals surface area (Å²) >= 11 is 0. The average Bonchev–Trinajstić information content (AvgIpc) is 2.40. The first-order valence-corrected chi connectivity index (χ1v) is 5.52. The van der Waals surface area contributed by atoms with Crippen LogP contribution in [0.1, 0.15) is 12.0 Å². The van der Waals surface area contributed by atoms with Crippen molar-refractivity contribution < 1.29 is 0 Å². The van der Waals surface area contributed by atoms with E-state index < -0.39 is 0 Å². The van der Waals surface area contributed by atoms with Crippen molar-refractivity contribution in [1.29, 1.82) is 0 Å². The highest BCUT2D eigenvalue weighted by atomic mass is 14.3. The monoisotopic (exact) mass is 208 g/mol. The highest BCUT2D eigenvalue weighted by Gasteiger charge is 2.26. The van der Waals surface area contributed by atoms with Crippen LogP contribution >= 0.6 is 0 Å². The lowest BCUT2D eigenvalue weighted by atomic mass is 9.74. The standard InChI is InChI=1S/C16H16/c1-3-14-10-12-16(4-2,13-11-14)15-8-6-5-7-9-15/h3-12H,1-2,13H2. The van der Waals surface area contributed by atoms with Gasteiger partial charge in [-0.05, 0) is 17.6 Å². The molecule has 1 unspecified atom stereocenters. The Bertz CT molecular complexity index is 448. The molecule has 0 aliphatic heterocycles. The lowest BCUT2D eigenvalue weighted by Crippen LogP contribution is -2.21.